The molecule has 0 saturated carbocycles. The van der Waals surface area contributed by atoms with E-state index in [0.717, 1.165) is 25.9 Å². The van der Waals surface area contributed by atoms with Crippen LogP contribution in [0.15, 0.2) is 0 Å². The Morgan fingerprint density at radius 1 is 1.33 bits per heavy atom. The number of aliphatic hydroxyl groups excluding tert-OH is 1. The zero-order chi connectivity index (χ0) is 15.8. The first-order valence-electron chi connectivity index (χ1n) is 7.66. The zero-order valence-corrected chi connectivity index (χ0v) is 13.3. The maximum absolute atomic E-state index is 12.1. The molecule has 21 heavy (non-hydrogen) atoms. The molecule has 2 N–H and O–H groups in total. The number of nitrogens with zero attached hydrogens (tertiary/aromatic N) is 1. The van der Waals surface area contributed by atoms with Gasteiger partial charge in [-0.1, -0.05) is 13.8 Å². The molecule has 1 aliphatic rings. The van der Waals surface area contributed by atoms with Gasteiger partial charge in [0.2, 0.25) is 5.91 Å². The largest absolute Gasteiger partial charge is 0.467 e. The quantitative estimate of drug-likeness (QED) is 0.665. The maximum atomic E-state index is 12.1. The Morgan fingerprint density at radius 2 is 1.95 bits per heavy atom. The molecule has 1 heterocycles. The van der Waals surface area contributed by atoms with Crippen molar-refractivity contribution in [3.8, 4) is 0 Å². The van der Waals surface area contributed by atoms with Crippen molar-refractivity contribution in [1.82, 2.24) is 10.2 Å². The molecule has 0 radical (unpaired) electrons. The number of esters is 1. The molecule has 1 saturated heterocycles. The Labute approximate surface area is 126 Å². The average molecular weight is 300 g/mol. The molecule has 0 aromatic heterocycles. The summed E-state index contributed by atoms with van der Waals surface area (Å²) in [6, 6.07) is -0.572. The first-order chi connectivity index (χ1) is 9.96. The van der Waals surface area contributed by atoms with Crippen molar-refractivity contribution in [2.45, 2.75) is 39.2 Å². The zero-order valence-electron chi connectivity index (χ0n) is 13.3. The minimum Gasteiger partial charge on any atom is -0.467 e. The molecule has 6 heteroatoms. The molecule has 1 rings (SSSR count). The van der Waals surface area contributed by atoms with Crippen LogP contribution in [-0.4, -0.2) is 61.3 Å². The molecule has 1 atom stereocenters. The highest BCUT2D eigenvalue weighted by molar-refractivity contribution is 5.85. The van der Waals surface area contributed by atoms with Crippen LogP contribution in [0.2, 0.25) is 0 Å². The molecule has 1 amide bonds. The van der Waals surface area contributed by atoms with E-state index in [4.69, 9.17) is 9.84 Å². The number of amides is 1. The van der Waals surface area contributed by atoms with Crippen LogP contribution in [0.3, 0.4) is 0 Å². The highest BCUT2D eigenvalue weighted by Crippen LogP contribution is 2.15. The van der Waals surface area contributed by atoms with Crippen LogP contribution < -0.4 is 5.32 Å². The lowest BCUT2D eigenvalue weighted by Gasteiger charge is -2.30. The van der Waals surface area contributed by atoms with Crippen LogP contribution in [0.1, 0.15) is 33.1 Å². The Morgan fingerprint density at radius 3 is 2.43 bits per heavy atom. The lowest BCUT2D eigenvalue weighted by atomic mass is 9.98. The van der Waals surface area contributed by atoms with E-state index in [1.165, 1.54) is 7.11 Å². The van der Waals surface area contributed by atoms with E-state index in [0.29, 0.717) is 24.8 Å². The third kappa shape index (κ3) is 6.44. The van der Waals surface area contributed by atoms with E-state index in [-0.39, 0.29) is 12.5 Å². The fourth-order valence-corrected chi connectivity index (χ4v) is 2.60. The van der Waals surface area contributed by atoms with Gasteiger partial charge >= 0.3 is 5.97 Å². The average Bonchev–Trinajstić information content (AvgIpc) is 2.46. The number of piperidine rings is 1. The van der Waals surface area contributed by atoms with Gasteiger partial charge in [0.15, 0.2) is 0 Å². The van der Waals surface area contributed by atoms with Crippen LogP contribution in [0, 0.1) is 11.8 Å². The molecule has 6 nitrogen and oxygen atoms in total. The first kappa shape index (κ1) is 17.9. The van der Waals surface area contributed by atoms with Crippen molar-refractivity contribution in [2.24, 2.45) is 11.8 Å². The molecule has 0 aromatic carbocycles. The topological polar surface area (TPSA) is 78.9 Å². The number of nitrogens with one attached hydrogen (secondary N) is 1. The predicted molar refractivity (Wildman–Crippen MR) is 79.7 cm³/mol. The molecule has 1 aliphatic heterocycles. The Hall–Kier alpha value is -1.14. The number of likely N-dealkylation sites (tertiary alicyclic amines) is 1. The van der Waals surface area contributed by atoms with Gasteiger partial charge in [-0.15, -0.1) is 0 Å². The Balaban J connectivity index is 2.41. The Bertz CT molecular complexity index is 339. The molecule has 0 aliphatic carbocycles. The number of rotatable bonds is 7. The van der Waals surface area contributed by atoms with Crippen LogP contribution >= 0.6 is 0 Å². The van der Waals surface area contributed by atoms with Crippen LogP contribution in [0.5, 0.6) is 0 Å². The minimum absolute atomic E-state index is 0.145. The third-order valence-corrected chi connectivity index (χ3v) is 3.86. The lowest BCUT2D eigenvalue weighted by molar-refractivity contribution is -0.145. The minimum atomic E-state index is -0.572. The Kier molecular flexibility index (Phi) is 7.67. The summed E-state index contributed by atoms with van der Waals surface area (Å²) in [5.41, 5.74) is 0. The molecule has 122 valence electrons. The van der Waals surface area contributed by atoms with E-state index in [9.17, 15) is 9.59 Å². The summed E-state index contributed by atoms with van der Waals surface area (Å²) in [5, 5.41) is 11.9. The lowest BCUT2D eigenvalue weighted by Crippen LogP contribution is -2.48. The van der Waals surface area contributed by atoms with Crippen molar-refractivity contribution in [2.75, 3.05) is 33.4 Å². The summed E-state index contributed by atoms with van der Waals surface area (Å²) in [5.74, 6) is 0.118. The fraction of sp³-hybridized carbons (Fsp3) is 0.867. The van der Waals surface area contributed by atoms with Crippen LogP contribution in [-0.2, 0) is 14.3 Å². The van der Waals surface area contributed by atoms with E-state index in [1.807, 2.05) is 13.8 Å². The number of ether oxygens (including phenoxy) is 1. The number of hydrogen-bond donors (Lipinski definition) is 2. The second-order valence-electron chi connectivity index (χ2n) is 6.17. The SMILES string of the molecule is COC(=O)[C@H](CC(C)C)NC(=O)CN1CCC(CO)CC1. The van der Waals surface area contributed by atoms with Crippen molar-refractivity contribution in [3.63, 3.8) is 0 Å². The normalized spacial score (nSPS) is 18.5. The second kappa shape index (κ2) is 9.00. The first-order valence-corrected chi connectivity index (χ1v) is 7.66. The van der Waals surface area contributed by atoms with Gasteiger partial charge in [-0.05, 0) is 44.2 Å². The van der Waals surface area contributed by atoms with E-state index in [1.54, 1.807) is 0 Å². The van der Waals surface area contributed by atoms with Crippen molar-refractivity contribution in [1.29, 1.82) is 0 Å². The summed E-state index contributed by atoms with van der Waals surface area (Å²) in [6.07, 6.45) is 2.40. The third-order valence-electron chi connectivity index (χ3n) is 3.86. The predicted octanol–water partition coefficient (Wildman–Crippen LogP) is 0.395. The second-order valence-corrected chi connectivity index (χ2v) is 6.17. The van der Waals surface area contributed by atoms with Gasteiger partial charge in [0.25, 0.3) is 0 Å². The molecular weight excluding hydrogens is 272 g/mol. The maximum Gasteiger partial charge on any atom is 0.328 e. The fourth-order valence-electron chi connectivity index (χ4n) is 2.60. The van der Waals surface area contributed by atoms with Crippen LogP contribution in [0.4, 0.5) is 0 Å². The molecular formula is C15H28N2O4. The smallest absolute Gasteiger partial charge is 0.328 e. The number of aliphatic hydroxyl groups is 1. The summed E-state index contributed by atoms with van der Waals surface area (Å²) in [7, 11) is 1.33. The van der Waals surface area contributed by atoms with E-state index >= 15 is 0 Å². The summed E-state index contributed by atoms with van der Waals surface area (Å²) >= 11 is 0. The molecule has 1 fully saturated rings. The number of hydrogen-bond acceptors (Lipinski definition) is 5. The van der Waals surface area contributed by atoms with E-state index in [2.05, 4.69) is 10.2 Å². The van der Waals surface area contributed by atoms with Gasteiger partial charge in [-0.2, -0.15) is 0 Å². The highest BCUT2D eigenvalue weighted by atomic mass is 16.5. The van der Waals surface area contributed by atoms with Gasteiger partial charge in [0.1, 0.15) is 6.04 Å². The highest BCUT2D eigenvalue weighted by Gasteiger charge is 2.25. The van der Waals surface area contributed by atoms with Gasteiger partial charge < -0.3 is 15.2 Å². The number of carbonyl (C=O) groups excluding carboxylic acids is 2. The summed E-state index contributed by atoms with van der Waals surface area (Å²) < 4.78 is 4.74. The van der Waals surface area contributed by atoms with Gasteiger partial charge in [-0.25, -0.2) is 4.79 Å². The standard InChI is InChI=1S/C15H28N2O4/c1-11(2)8-13(15(20)21-3)16-14(19)9-17-6-4-12(10-18)5-7-17/h11-13,18H,4-10H2,1-3H3,(H,16,19)/t13-/m0/s1. The molecule has 0 spiro atoms. The van der Waals surface area contributed by atoms with Gasteiger partial charge in [0.05, 0.1) is 13.7 Å². The monoisotopic (exact) mass is 300 g/mol. The summed E-state index contributed by atoms with van der Waals surface area (Å²) in [6.45, 7) is 6.14. The van der Waals surface area contributed by atoms with Crippen molar-refractivity contribution >= 4 is 11.9 Å². The van der Waals surface area contributed by atoms with E-state index < -0.39 is 12.0 Å². The molecule has 0 unspecified atom stereocenters. The molecule has 0 bridgehead atoms. The van der Waals surface area contributed by atoms with Gasteiger partial charge in [0, 0.05) is 6.61 Å². The molecule has 0 aromatic rings. The van der Waals surface area contributed by atoms with Crippen LogP contribution in [0.25, 0.3) is 0 Å². The van der Waals surface area contributed by atoms with Crippen molar-refractivity contribution in [3.05, 3.63) is 0 Å². The van der Waals surface area contributed by atoms with Gasteiger partial charge in [-0.3, -0.25) is 9.69 Å². The summed E-state index contributed by atoms with van der Waals surface area (Å²) in [4.78, 5) is 25.8. The number of methoxy groups -OCH3 is 1. The number of carbonyl (C=O) groups is 2. The van der Waals surface area contributed by atoms with Crippen molar-refractivity contribution < 1.29 is 19.4 Å².